The van der Waals surface area contributed by atoms with Crippen LogP contribution in [0, 0.1) is 30.1 Å². The summed E-state index contributed by atoms with van der Waals surface area (Å²) in [6.45, 7) is 1.58. The average Bonchev–Trinajstić information content (AvgIpc) is 3.45. The number of ether oxygens (including phenoxy) is 1. The molecule has 0 radical (unpaired) electrons. The molecule has 0 bridgehead atoms. The molecule has 2 aliphatic rings. The number of pyridine rings is 1. The highest BCUT2D eigenvalue weighted by Crippen LogP contribution is 2.48. The van der Waals surface area contributed by atoms with Gasteiger partial charge in [-0.25, -0.2) is 18.3 Å². The van der Waals surface area contributed by atoms with E-state index in [0.29, 0.717) is 34.8 Å². The van der Waals surface area contributed by atoms with Gasteiger partial charge < -0.3 is 14.7 Å². The fourth-order valence-corrected chi connectivity index (χ4v) is 3.99. The van der Waals surface area contributed by atoms with Gasteiger partial charge in [-0.1, -0.05) is 17.1 Å². The second-order valence-electron chi connectivity index (χ2n) is 9.37. The van der Waals surface area contributed by atoms with E-state index < -0.39 is 29.3 Å². The van der Waals surface area contributed by atoms with Gasteiger partial charge in [0.2, 0.25) is 0 Å². The Morgan fingerprint density at radius 1 is 1.31 bits per heavy atom. The van der Waals surface area contributed by atoms with E-state index in [1.54, 1.807) is 26.1 Å². The van der Waals surface area contributed by atoms with E-state index in [9.17, 15) is 18.4 Å². The van der Waals surface area contributed by atoms with Gasteiger partial charge in [0.25, 0.3) is 5.92 Å². The summed E-state index contributed by atoms with van der Waals surface area (Å²) in [6, 6.07) is 3.52. The van der Waals surface area contributed by atoms with E-state index in [0.717, 1.165) is 17.7 Å². The monoisotopic (exact) mass is 487 g/mol. The van der Waals surface area contributed by atoms with Gasteiger partial charge in [0.15, 0.2) is 0 Å². The minimum atomic E-state index is -2.73. The lowest BCUT2D eigenvalue weighted by molar-refractivity contribution is -0.138. The van der Waals surface area contributed by atoms with Crippen molar-refractivity contribution in [2.45, 2.75) is 51.6 Å². The molecular formula is C24H27F2N5O4. The molecule has 2 saturated carbocycles. The van der Waals surface area contributed by atoms with Crippen molar-refractivity contribution in [1.82, 2.24) is 24.9 Å². The first-order valence-corrected chi connectivity index (χ1v) is 11.4. The van der Waals surface area contributed by atoms with Crippen molar-refractivity contribution in [3.05, 3.63) is 29.1 Å². The van der Waals surface area contributed by atoms with Gasteiger partial charge in [-0.3, -0.25) is 9.78 Å². The Balaban J connectivity index is 1.43. The molecule has 0 saturated heterocycles. The molecule has 2 aromatic rings. The van der Waals surface area contributed by atoms with Gasteiger partial charge in [0.1, 0.15) is 18.0 Å². The molecular weight excluding hydrogens is 460 g/mol. The average molecular weight is 488 g/mol. The molecule has 2 fully saturated rings. The molecule has 1 N–H and O–H groups in total. The number of amides is 1. The number of aryl methyl sites for hydroxylation is 2. The van der Waals surface area contributed by atoms with E-state index in [-0.39, 0.29) is 26.0 Å². The molecule has 0 spiro atoms. The molecule has 2 aliphatic carbocycles. The lowest BCUT2D eigenvalue weighted by Crippen LogP contribution is -2.46. The zero-order valence-electron chi connectivity index (χ0n) is 19.8. The number of hydrogen-bond donors (Lipinski definition) is 1. The predicted octanol–water partition coefficient (Wildman–Crippen LogP) is 3.41. The Morgan fingerprint density at radius 2 is 2.06 bits per heavy atom. The van der Waals surface area contributed by atoms with E-state index in [2.05, 4.69) is 27.1 Å². The Bertz CT molecular complexity index is 1210. The summed E-state index contributed by atoms with van der Waals surface area (Å²) < 4.78 is 33.8. The Hall–Kier alpha value is -3.55. The van der Waals surface area contributed by atoms with E-state index in [1.807, 2.05) is 0 Å². The van der Waals surface area contributed by atoms with Crippen LogP contribution in [0.1, 0.15) is 49.1 Å². The smallest absolute Gasteiger partial charge is 0.409 e. The number of carboxylic acid groups (broad SMARTS) is 1. The minimum absolute atomic E-state index is 0.0323. The highest BCUT2D eigenvalue weighted by Gasteiger charge is 2.48. The summed E-state index contributed by atoms with van der Waals surface area (Å²) in [4.78, 5) is 29.1. The number of carbonyl (C=O) groups is 2. The fourth-order valence-electron chi connectivity index (χ4n) is 3.99. The first-order valence-electron chi connectivity index (χ1n) is 11.4. The summed E-state index contributed by atoms with van der Waals surface area (Å²) >= 11 is 0. The lowest BCUT2D eigenvalue weighted by atomic mass is 9.80. The van der Waals surface area contributed by atoms with Gasteiger partial charge in [0.05, 0.1) is 17.8 Å². The van der Waals surface area contributed by atoms with Crippen molar-refractivity contribution in [1.29, 1.82) is 0 Å². The molecule has 1 atom stereocenters. The largest absolute Gasteiger partial charge is 0.481 e. The van der Waals surface area contributed by atoms with Crippen LogP contribution >= 0.6 is 0 Å². The maximum atomic E-state index is 13.5. The first kappa shape index (κ1) is 24.6. The van der Waals surface area contributed by atoms with Crippen LogP contribution in [0.3, 0.4) is 0 Å². The molecule has 0 aliphatic heterocycles. The number of nitrogens with zero attached hydrogens (tertiary/aromatic N) is 5. The predicted molar refractivity (Wildman–Crippen MR) is 120 cm³/mol. The number of alkyl halides is 2. The standard InChI is InChI=1S/C24H27F2N5O4/c1-15-16(6-8-23(10-11-23)12-20(32)33)4-5-18(27-15)21-19(31(3)29-28-21)14-35-22(34)30(2)13-17-7-9-24(17,25)26/h4-5,17H,7,9-14H2,1-3H3,(H,32,33). The Morgan fingerprint density at radius 3 is 2.63 bits per heavy atom. The topological polar surface area (TPSA) is 110 Å². The number of aromatic nitrogens is 4. The zero-order valence-corrected chi connectivity index (χ0v) is 19.8. The van der Waals surface area contributed by atoms with E-state index in [4.69, 9.17) is 9.84 Å². The van der Waals surface area contributed by atoms with Crippen molar-refractivity contribution in [3.8, 4) is 23.2 Å². The van der Waals surface area contributed by atoms with Gasteiger partial charge in [0, 0.05) is 44.0 Å². The van der Waals surface area contributed by atoms with Gasteiger partial charge in [-0.2, -0.15) is 0 Å². The number of carboxylic acids is 1. The summed E-state index contributed by atoms with van der Waals surface area (Å²) in [5.74, 6) is 1.71. The summed E-state index contributed by atoms with van der Waals surface area (Å²) in [5.41, 5.74) is 2.35. The molecule has 35 heavy (non-hydrogen) atoms. The SMILES string of the molecule is Cc1nc(-c2nnn(C)c2COC(=O)N(C)CC2CCC2(F)F)ccc1C#CC1(CC(=O)O)CC1. The van der Waals surface area contributed by atoms with Crippen molar-refractivity contribution < 1.29 is 28.2 Å². The van der Waals surface area contributed by atoms with Crippen LogP contribution in [0.15, 0.2) is 12.1 Å². The third kappa shape index (κ3) is 5.42. The van der Waals surface area contributed by atoms with Crippen molar-refractivity contribution in [3.63, 3.8) is 0 Å². The van der Waals surface area contributed by atoms with Crippen LogP contribution in [0.5, 0.6) is 0 Å². The maximum Gasteiger partial charge on any atom is 0.409 e. The van der Waals surface area contributed by atoms with Gasteiger partial charge in [-0.15, -0.1) is 5.10 Å². The minimum Gasteiger partial charge on any atom is -0.481 e. The first-order chi connectivity index (χ1) is 16.5. The maximum absolute atomic E-state index is 13.5. The van der Waals surface area contributed by atoms with Crippen LogP contribution in [0.25, 0.3) is 11.4 Å². The highest BCUT2D eigenvalue weighted by molar-refractivity contribution is 5.69. The van der Waals surface area contributed by atoms with Crippen LogP contribution in [-0.4, -0.2) is 61.6 Å². The molecule has 9 nitrogen and oxygen atoms in total. The molecule has 2 aromatic heterocycles. The normalized spacial score (nSPS) is 19.2. The number of carbonyl (C=O) groups excluding carboxylic acids is 1. The quantitative estimate of drug-likeness (QED) is 0.596. The van der Waals surface area contributed by atoms with Gasteiger partial charge in [-0.05, 0) is 38.3 Å². The highest BCUT2D eigenvalue weighted by atomic mass is 19.3. The lowest BCUT2D eigenvalue weighted by Gasteiger charge is -2.38. The number of aliphatic carboxylic acids is 1. The summed E-state index contributed by atoms with van der Waals surface area (Å²) in [7, 11) is 3.09. The second-order valence-corrected chi connectivity index (χ2v) is 9.37. The van der Waals surface area contributed by atoms with Crippen molar-refractivity contribution in [2.75, 3.05) is 13.6 Å². The summed E-state index contributed by atoms with van der Waals surface area (Å²) in [6.07, 6.45) is 1.11. The molecule has 2 heterocycles. The Kier molecular flexibility index (Phi) is 6.49. The molecule has 1 amide bonds. The zero-order chi connectivity index (χ0) is 25.4. The fraction of sp³-hybridized carbons (Fsp3) is 0.542. The van der Waals surface area contributed by atoms with Crippen LogP contribution < -0.4 is 0 Å². The van der Waals surface area contributed by atoms with E-state index >= 15 is 0 Å². The van der Waals surface area contributed by atoms with Crippen LogP contribution in [-0.2, 0) is 23.2 Å². The second kappa shape index (κ2) is 9.24. The third-order valence-corrected chi connectivity index (χ3v) is 6.64. The molecule has 1 unspecified atom stereocenters. The number of halogens is 2. The van der Waals surface area contributed by atoms with E-state index in [1.165, 1.54) is 11.7 Å². The van der Waals surface area contributed by atoms with Gasteiger partial charge >= 0.3 is 12.1 Å². The molecule has 0 aromatic carbocycles. The van der Waals surface area contributed by atoms with Crippen molar-refractivity contribution in [2.24, 2.45) is 18.4 Å². The number of hydrogen-bond acceptors (Lipinski definition) is 6. The molecule has 186 valence electrons. The molecule has 11 heteroatoms. The number of rotatable bonds is 7. The Labute approximate surface area is 201 Å². The molecule has 4 rings (SSSR count). The van der Waals surface area contributed by atoms with Crippen LogP contribution in [0.4, 0.5) is 13.6 Å². The van der Waals surface area contributed by atoms with Crippen LogP contribution in [0.2, 0.25) is 0 Å². The summed E-state index contributed by atoms with van der Waals surface area (Å²) in [5, 5.41) is 17.2. The van der Waals surface area contributed by atoms with Crippen molar-refractivity contribution >= 4 is 12.1 Å². The third-order valence-electron chi connectivity index (χ3n) is 6.64.